The summed E-state index contributed by atoms with van der Waals surface area (Å²) in [5.41, 5.74) is 0.766. The molecule has 2 aliphatic rings. The molecule has 4 atom stereocenters. The lowest BCUT2D eigenvalue weighted by Gasteiger charge is -2.36. The van der Waals surface area contributed by atoms with Gasteiger partial charge in [-0.1, -0.05) is 46.8 Å². The molecule has 9 nitrogen and oxygen atoms in total. The van der Waals surface area contributed by atoms with Gasteiger partial charge in [-0.25, -0.2) is 14.8 Å². The van der Waals surface area contributed by atoms with Crippen molar-refractivity contribution in [2.45, 2.75) is 97.1 Å². The SMILES string of the molecule is CC(C)C[C@H](NC(=O)c1ccc(C(C)(C)C)cc1)C(=O)N1[C@@H]2[C@@H](O)CN[C@@H]2CN1C(=O)OC(C)(C)C. The number of aliphatic hydroxyl groups excluding tert-OH is 1. The van der Waals surface area contributed by atoms with Crippen LogP contribution >= 0.6 is 0 Å². The maximum absolute atomic E-state index is 13.9. The van der Waals surface area contributed by atoms with Crippen LogP contribution in [-0.2, 0) is 14.9 Å². The smallest absolute Gasteiger partial charge is 0.429 e. The molecule has 1 aromatic carbocycles. The van der Waals surface area contributed by atoms with Crippen molar-refractivity contribution in [3.63, 3.8) is 0 Å². The molecule has 0 aliphatic carbocycles. The number of hydrogen-bond donors (Lipinski definition) is 3. The van der Waals surface area contributed by atoms with Crippen molar-refractivity contribution < 1.29 is 24.2 Å². The second-order valence-electron chi connectivity index (χ2n) is 12.3. The van der Waals surface area contributed by atoms with Gasteiger partial charge in [-0.2, -0.15) is 0 Å². The molecule has 0 spiro atoms. The van der Waals surface area contributed by atoms with Crippen LogP contribution in [0.15, 0.2) is 24.3 Å². The van der Waals surface area contributed by atoms with Crippen LogP contribution in [0.25, 0.3) is 0 Å². The zero-order valence-corrected chi connectivity index (χ0v) is 22.8. The Morgan fingerprint density at radius 2 is 1.72 bits per heavy atom. The highest BCUT2D eigenvalue weighted by molar-refractivity contribution is 5.98. The number of amides is 3. The first kappa shape index (κ1) is 27.9. The summed E-state index contributed by atoms with van der Waals surface area (Å²) in [6.07, 6.45) is -1.12. The lowest BCUT2D eigenvalue weighted by atomic mass is 9.86. The fraction of sp³-hybridized carbons (Fsp3) is 0.667. The van der Waals surface area contributed by atoms with Crippen molar-refractivity contribution in [3.8, 4) is 0 Å². The lowest BCUT2D eigenvalue weighted by molar-refractivity contribution is -0.152. The van der Waals surface area contributed by atoms with E-state index in [9.17, 15) is 19.5 Å². The molecule has 36 heavy (non-hydrogen) atoms. The van der Waals surface area contributed by atoms with E-state index in [4.69, 9.17) is 4.74 Å². The van der Waals surface area contributed by atoms with Crippen molar-refractivity contribution in [2.24, 2.45) is 5.92 Å². The molecule has 3 rings (SSSR count). The monoisotopic (exact) mass is 502 g/mol. The van der Waals surface area contributed by atoms with Gasteiger partial charge in [-0.05, 0) is 56.2 Å². The third-order valence-corrected chi connectivity index (χ3v) is 6.46. The van der Waals surface area contributed by atoms with E-state index < -0.39 is 35.8 Å². The minimum absolute atomic E-state index is 0.0429. The van der Waals surface area contributed by atoms with Gasteiger partial charge in [-0.3, -0.25) is 9.59 Å². The minimum atomic E-state index is -0.878. The van der Waals surface area contributed by atoms with Gasteiger partial charge in [0.05, 0.1) is 24.7 Å². The summed E-state index contributed by atoms with van der Waals surface area (Å²) < 4.78 is 5.55. The molecule has 0 unspecified atom stereocenters. The fourth-order valence-corrected chi connectivity index (χ4v) is 4.68. The molecule has 1 aromatic rings. The van der Waals surface area contributed by atoms with E-state index in [2.05, 4.69) is 31.4 Å². The third-order valence-electron chi connectivity index (χ3n) is 6.46. The summed E-state index contributed by atoms with van der Waals surface area (Å²) in [4.78, 5) is 40.1. The lowest BCUT2D eigenvalue weighted by Crippen LogP contribution is -2.58. The van der Waals surface area contributed by atoms with Gasteiger partial charge < -0.3 is 20.5 Å². The maximum Gasteiger partial charge on any atom is 0.429 e. The second kappa shape index (κ2) is 10.4. The zero-order chi connectivity index (χ0) is 27.0. The van der Waals surface area contributed by atoms with Crippen LogP contribution < -0.4 is 10.6 Å². The van der Waals surface area contributed by atoms with Crippen molar-refractivity contribution in [1.82, 2.24) is 20.7 Å². The number of aliphatic hydroxyl groups is 1. The Hall–Kier alpha value is -2.65. The van der Waals surface area contributed by atoms with Gasteiger partial charge >= 0.3 is 6.09 Å². The number of nitrogens with one attached hydrogen (secondary N) is 2. The van der Waals surface area contributed by atoms with Gasteiger partial charge in [0.2, 0.25) is 0 Å². The average Bonchev–Trinajstić information content (AvgIpc) is 3.30. The van der Waals surface area contributed by atoms with Crippen LogP contribution in [0.4, 0.5) is 4.79 Å². The largest absolute Gasteiger partial charge is 0.442 e. The average molecular weight is 503 g/mol. The van der Waals surface area contributed by atoms with E-state index in [0.717, 1.165) is 5.56 Å². The molecule has 0 bridgehead atoms. The number of hydrogen-bond acceptors (Lipinski definition) is 6. The topological polar surface area (TPSA) is 111 Å². The Kier molecular flexibility index (Phi) is 8.05. The maximum atomic E-state index is 13.9. The van der Waals surface area contributed by atoms with Gasteiger partial charge in [0.25, 0.3) is 11.8 Å². The number of nitrogens with zero attached hydrogens (tertiary/aromatic N) is 2. The number of ether oxygens (including phenoxy) is 1. The third kappa shape index (κ3) is 6.37. The molecule has 2 aliphatic heterocycles. The first-order chi connectivity index (χ1) is 16.6. The van der Waals surface area contributed by atoms with Crippen LogP contribution in [0, 0.1) is 5.92 Å². The van der Waals surface area contributed by atoms with Gasteiger partial charge in [0, 0.05) is 12.1 Å². The molecule has 2 heterocycles. The van der Waals surface area contributed by atoms with Crippen LogP contribution in [0.5, 0.6) is 0 Å². The summed E-state index contributed by atoms with van der Waals surface area (Å²) >= 11 is 0. The number of carbonyl (C=O) groups is 3. The molecule has 2 fully saturated rings. The van der Waals surface area contributed by atoms with Crippen LogP contribution in [0.3, 0.4) is 0 Å². The standard InChI is InChI=1S/C27H42N4O5/c1-16(2)13-19(29-23(33)17-9-11-18(12-10-17)26(3,4)5)24(34)31-22-20(28-14-21(22)32)15-30(31)25(35)36-27(6,7)8/h9-12,16,19-22,28,32H,13-15H2,1-8H3,(H,29,33)/t19-,20+,21-,22-/m0/s1. The summed E-state index contributed by atoms with van der Waals surface area (Å²) in [6, 6.07) is 5.58. The molecule has 3 amide bonds. The van der Waals surface area contributed by atoms with Crippen molar-refractivity contribution in [3.05, 3.63) is 35.4 Å². The summed E-state index contributed by atoms with van der Waals surface area (Å²) in [5.74, 6) is -0.703. The molecule has 0 radical (unpaired) electrons. The fourth-order valence-electron chi connectivity index (χ4n) is 4.68. The molecule has 3 N–H and O–H groups in total. The predicted octanol–water partition coefficient (Wildman–Crippen LogP) is 2.82. The molecule has 2 saturated heterocycles. The van der Waals surface area contributed by atoms with Crippen LogP contribution in [-0.4, -0.2) is 76.0 Å². The van der Waals surface area contributed by atoms with E-state index >= 15 is 0 Å². The van der Waals surface area contributed by atoms with Gasteiger partial charge in [0.15, 0.2) is 0 Å². The molecular formula is C27H42N4O5. The molecule has 200 valence electrons. The van der Waals surface area contributed by atoms with Crippen molar-refractivity contribution >= 4 is 17.9 Å². The predicted molar refractivity (Wildman–Crippen MR) is 137 cm³/mol. The Bertz CT molecular complexity index is 964. The highest BCUT2D eigenvalue weighted by atomic mass is 16.6. The quantitative estimate of drug-likeness (QED) is 0.571. The first-order valence-electron chi connectivity index (χ1n) is 12.7. The Morgan fingerprint density at radius 3 is 2.25 bits per heavy atom. The van der Waals surface area contributed by atoms with E-state index in [1.54, 1.807) is 32.9 Å². The number of carbonyl (C=O) groups excluding carboxylic acids is 3. The first-order valence-corrected chi connectivity index (χ1v) is 12.7. The number of rotatable bonds is 5. The van der Waals surface area contributed by atoms with Gasteiger partial charge in [0.1, 0.15) is 11.6 Å². The van der Waals surface area contributed by atoms with E-state index in [0.29, 0.717) is 18.5 Å². The Labute approximate surface area is 214 Å². The second-order valence-corrected chi connectivity index (χ2v) is 12.3. The van der Waals surface area contributed by atoms with E-state index in [-0.39, 0.29) is 29.8 Å². The summed E-state index contributed by atoms with van der Waals surface area (Å²) in [7, 11) is 0. The van der Waals surface area contributed by atoms with Crippen molar-refractivity contribution in [2.75, 3.05) is 13.1 Å². The molecular weight excluding hydrogens is 460 g/mol. The van der Waals surface area contributed by atoms with E-state index in [1.165, 1.54) is 10.0 Å². The number of fused-ring (bicyclic) bond motifs is 1. The normalized spacial score (nSPS) is 23.0. The van der Waals surface area contributed by atoms with Gasteiger partial charge in [-0.15, -0.1) is 0 Å². The van der Waals surface area contributed by atoms with E-state index in [1.807, 2.05) is 26.0 Å². The zero-order valence-electron chi connectivity index (χ0n) is 22.8. The highest BCUT2D eigenvalue weighted by Gasteiger charge is 2.53. The molecule has 0 saturated carbocycles. The minimum Gasteiger partial charge on any atom is -0.442 e. The summed E-state index contributed by atoms with van der Waals surface area (Å²) in [5, 5.41) is 19.3. The Balaban J connectivity index is 1.86. The Morgan fingerprint density at radius 1 is 1.11 bits per heavy atom. The van der Waals surface area contributed by atoms with Crippen LogP contribution in [0.2, 0.25) is 0 Å². The molecule has 0 aromatic heterocycles. The van der Waals surface area contributed by atoms with Crippen LogP contribution in [0.1, 0.15) is 77.7 Å². The van der Waals surface area contributed by atoms with Crippen molar-refractivity contribution in [1.29, 1.82) is 0 Å². The molecule has 9 heteroatoms. The number of hydrazine groups is 1. The number of β-amino-alcohol motifs (C(OH)–C–C–N with tert-alkyl or cyclic N) is 1. The number of benzene rings is 1. The highest BCUT2D eigenvalue weighted by Crippen LogP contribution is 2.29. The summed E-state index contributed by atoms with van der Waals surface area (Å²) in [6.45, 7) is 16.0.